The van der Waals surface area contributed by atoms with Crippen LogP contribution in [-0.4, -0.2) is 33.8 Å². The van der Waals surface area contributed by atoms with Gasteiger partial charge in [-0.2, -0.15) is 0 Å². The number of nitro groups is 1. The number of rotatable bonds is 6. The Bertz CT molecular complexity index is 1070. The molecule has 2 heterocycles. The largest absolute Gasteiger partial charge is 0.355 e. The third kappa shape index (κ3) is 4.21. The molecular weight excluding hydrogens is 380 g/mol. The Morgan fingerprint density at radius 2 is 2.00 bits per heavy atom. The zero-order valence-electron chi connectivity index (χ0n) is 17.1. The molecule has 0 unspecified atom stereocenters. The highest BCUT2D eigenvalue weighted by atomic mass is 16.6. The molecule has 4 rings (SSSR count). The van der Waals surface area contributed by atoms with Gasteiger partial charge in [-0.3, -0.25) is 19.8 Å². The standard InChI is InChI=1S/C23H26N4O3/c1-2-22(28)25-19-6-3-5-17(13-19)16-9-11-26(12-10-16)15-18-14-24-23-20(18)7-4-8-21(23)27(29)30/h3-8,13-14,16,24H,2,9-12,15H2,1H3,(H,25,28). The summed E-state index contributed by atoms with van der Waals surface area (Å²) in [5.41, 5.74) is 3.94. The highest BCUT2D eigenvalue weighted by Crippen LogP contribution is 2.32. The molecule has 0 radical (unpaired) electrons. The molecule has 2 N–H and O–H groups in total. The molecule has 0 spiro atoms. The normalized spacial score (nSPS) is 15.4. The Labute approximate surface area is 175 Å². The van der Waals surface area contributed by atoms with Crippen molar-refractivity contribution >= 4 is 28.2 Å². The molecule has 3 aromatic rings. The van der Waals surface area contributed by atoms with Gasteiger partial charge in [-0.15, -0.1) is 0 Å². The minimum atomic E-state index is -0.342. The van der Waals surface area contributed by atoms with Gasteiger partial charge >= 0.3 is 0 Å². The van der Waals surface area contributed by atoms with Crippen molar-refractivity contribution in [3.63, 3.8) is 0 Å². The fourth-order valence-electron chi connectivity index (χ4n) is 4.26. The number of para-hydroxylation sites is 1. The van der Waals surface area contributed by atoms with E-state index in [1.54, 1.807) is 6.07 Å². The number of nitrogens with one attached hydrogen (secondary N) is 2. The number of fused-ring (bicyclic) bond motifs is 1. The van der Waals surface area contributed by atoms with Crippen LogP contribution in [0.4, 0.5) is 11.4 Å². The zero-order valence-corrected chi connectivity index (χ0v) is 17.1. The molecule has 7 heteroatoms. The van der Waals surface area contributed by atoms with Crippen LogP contribution in [0.3, 0.4) is 0 Å². The lowest BCUT2D eigenvalue weighted by Gasteiger charge is -2.32. The van der Waals surface area contributed by atoms with Crippen molar-refractivity contribution in [2.24, 2.45) is 0 Å². The first-order chi connectivity index (χ1) is 14.5. The van der Waals surface area contributed by atoms with Crippen molar-refractivity contribution in [3.8, 4) is 0 Å². The second-order valence-corrected chi connectivity index (χ2v) is 7.85. The van der Waals surface area contributed by atoms with Gasteiger partial charge in [0, 0.05) is 36.3 Å². The van der Waals surface area contributed by atoms with Crippen LogP contribution in [0.5, 0.6) is 0 Å². The fraction of sp³-hybridized carbons (Fsp3) is 0.348. The number of anilines is 1. The van der Waals surface area contributed by atoms with E-state index in [0.29, 0.717) is 17.9 Å². The first-order valence-corrected chi connectivity index (χ1v) is 10.4. The maximum Gasteiger partial charge on any atom is 0.293 e. The van der Waals surface area contributed by atoms with Crippen LogP contribution in [0.25, 0.3) is 10.9 Å². The van der Waals surface area contributed by atoms with Gasteiger partial charge < -0.3 is 10.3 Å². The van der Waals surface area contributed by atoms with Crippen LogP contribution in [0.1, 0.15) is 43.2 Å². The summed E-state index contributed by atoms with van der Waals surface area (Å²) in [6.07, 6.45) is 4.46. The number of nitrogens with zero attached hydrogens (tertiary/aromatic N) is 2. The van der Waals surface area contributed by atoms with Crippen molar-refractivity contribution in [3.05, 3.63) is 69.9 Å². The first kappa shape index (κ1) is 20.1. The zero-order chi connectivity index (χ0) is 21.1. The number of likely N-dealkylation sites (tertiary alicyclic amines) is 1. The molecular formula is C23H26N4O3. The molecule has 1 amide bonds. The van der Waals surface area contributed by atoms with Gasteiger partial charge in [0.1, 0.15) is 5.52 Å². The molecule has 0 atom stereocenters. The molecule has 1 aliphatic heterocycles. The smallest absolute Gasteiger partial charge is 0.293 e. The number of amides is 1. The lowest BCUT2D eigenvalue weighted by molar-refractivity contribution is -0.383. The Morgan fingerprint density at radius 1 is 1.23 bits per heavy atom. The van der Waals surface area contributed by atoms with E-state index in [0.717, 1.165) is 49.1 Å². The summed E-state index contributed by atoms with van der Waals surface area (Å²) in [6.45, 7) is 4.57. The van der Waals surface area contributed by atoms with Gasteiger partial charge in [0.15, 0.2) is 0 Å². The monoisotopic (exact) mass is 406 g/mol. The van der Waals surface area contributed by atoms with E-state index in [4.69, 9.17) is 0 Å². The molecule has 1 fully saturated rings. The summed E-state index contributed by atoms with van der Waals surface area (Å²) in [4.78, 5) is 28.0. The number of carbonyl (C=O) groups is 1. The lowest BCUT2D eigenvalue weighted by Crippen LogP contribution is -2.32. The summed E-state index contributed by atoms with van der Waals surface area (Å²) < 4.78 is 0. The lowest BCUT2D eigenvalue weighted by atomic mass is 9.89. The molecule has 1 aromatic heterocycles. The van der Waals surface area contributed by atoms with Crippen LogP contribution < -0.4 is 5.32 Å². The summed E-state index contributed by atoms with van der Waals surface area (Å²) >= 11 is 0. The van der Waals surface area contributed by atoms with Crippen LogP contribution in [0, 0.1) is 10.1 Å². The second-order valence-electron chi connectivity index (χ2n) is 7.85. The van der Waals surface area contributed by atoms with Gasteiger partial charge in [0.25, 0.3) is 5.69 Å². The summed E-state index contributed by atoms with van der Waals surface area (Å²) in [5.74, 6) is 0.504. The summed E-state index contributed by atoms with van der Waals surface area (Å²) in [6, 6.07) is 13.4. The van der Waals surface area contributed by atoms with Gasteiger partial charge in [-0.25, -0.2) is 0 Å². The molecule has 30 heavy (non-hydrogen) atoms. The van der Waals surface area contributed by atoms with E-state index in [2.05, 4.69) is 27.3 Å². The predicted molar refractivity (Wildman–Crippen MR) is 118 cm³/mol. The Hall–Kier alpha value is -3.19. The average molecular weight is 406 g/mol. The molecule has 0 aliphatic carbocycles. The van der Waals surface area contributed by atoms with Gasteiger partial charge in [-0.1, -0.05) is 31.2 Å². The Morgan fingerprint density at radius 3 is 2.73 bits per heavy atom. The van der Waals surface area contributed by atoms with Crippen molar-refractivity contribution < 1.29 is 9.72 Å². The molecule has 1 saturated heterocycles. The fourth-order valence-corrected chi connectivity index (χ4v) is 4.26. The number of non-ortho nitro benzene ring substituents is 1. The quantitative estimate of drug-likeness (QED) is 0.454. The second kappa shape index (κ2) is 8.67. The van der Waals surface area contributed by atoms with E-state index >= 15 is 0 Å². The Kier molecular flexibility index (Phi) is 5.81. The molecule has 1 aliphatic rings. The highest BCUT2D eigenvalue weighted by molar-refractivity contribution is 5.91. The van der Waals surface area contributed by atoms with Crippen molar-refractivity contribution in [1.82, 2.24) is 9.88 Å². The first-order valence-electron chi connectivity index (χ1n) is 10.4. The predicted octanol–water partition coefficient (Wildman–Crippen LogP) is 4.80. The van der Waals surface area contributed by atoms with Crippen LogP contribution >= 0.6 is 0 Å². The highest BCUT2D eigenvalue weighted by Gasteiger charge is 2.22. The number of benzene rings is 2. The number of nitro benzene ring substituents is 1. The summed E-state index contributed by atoms with van der Waals surface area (Å²) in [5, 5.41) is 15.1. The number of hydrogen-bond donors (Lipinski definition) is 2. The molecule has 0 saturated carbocycles. The van der Waals surface area contributed by atoms with Crippen LogP contribution in [-0.2, 0) is 11.3 Å². The van der Waals surface area contributed by atoms with Crippen molar-refractivity contribution in [2.45, 2.75) is 38.6 Å². The van der Waals surface area contributed by atoms with Crippen molar-refractivity contribution in [1.29, 1.82) is 0 Å². The summed E-state index contributed by atoms with van der Waals surface area (Å²) in [7, 11) is 0. The topological polar surface area (TPSA) is 91.3 Å². The van der Waals surface area contributed by atoms with E-state index in [1.807, 2.05) is 31.3 Å². The van der Waals surface area contributed by atoms with Crippen LogP contribution in [0.15, 0.2) is 48.7 Å². The van der Waals surface area contributed by atoms with Gasteiger partial charge in [-0.05, 0) is 55.1 Å². The number of aromatic nitrogens is 1. The van der Waals surface area contributed by atoms with E-state index in [1.165, 1.54) is 11.6 Å². The van der Waals surface area contributed by atoms with Crippen LogP contribution in [0.2, 0.25) is 0 Å². The number of carbonyl (C=O) groups excluding carboxylic acids is 1. The van der Waals surface area contributed by atoms with Crippen molar-refractivity contribution in [2.75, 3.05) is 18.4 Å². The SMILES string of the molecule is CCC(=O)Nc1cccc(C2CCN(Cc3c[nH]c4c([N+](=O)[O-])cccc34)CC2)c1. The van der Waals surface area contributed by atoms with Gasteiger partial charge in [0.2, 0.25) is 5.91 Å². The molecule has 156 valence electrons. The Balaban J connectivity index is 1.40. The molecule has 2 aromatic carbocycles. The van der Waals surface area contributed by atoms with Gasteiger partial charge in [0.05, 0.1) is 4.92 Å². The maximum atomic E-state index is 11.7. The number of H-pyrrole nitrogens is 1. The van der Waals surface area contributed by atoms with E-state index < -0.39 is 0 Å². The third-order valence-electron chi connectivity index (χ3n) is 5.92. The maximum absolute atomic E-state index is 11.7. The minimum absolute atomic E-state index is 0.0286. The average Bonchev–Trinajstić information content (AvgIpc) is 3.17. The van der Waals surface area contributed by atoms with E-state index in [9.17, 15) is 14.9 Å². The van der Waals surface area contributed by atoms with E-state index in [-0.39, 0.29) is 16.5 Å². The minimum Gasteiger partial charge on any atom is -0.355 e. The number of hydrogen-bond acceptors (Lipinski definition) is 4. The number of aromatic amines is 1. The number of piperidine rings is 1. The molecule has 0 bridgehead atoms. The molecule has 7 nitrogen and oxygen atoms in total. The third-order valence-corrected chi connectivity index (χ3v) is 5.92.